The van der Waals surface area contributed by atoms with Crippen molar-refractivity contribution in [1.82, 2.24) is 0 Å². The third-order valence-corrected chi connectivity index (χ3v) is 4.58. The van der Waals surface area contributed by atoms with Crippen molar-refractivity contribution in [2.75, 3.05) is 6.26 Å². The van der Waals surface area contributed by atoms with Crippen LogP contribution in [0.25, 0.3) is 0 Å². The SMILES string of the molecule is CC(=O)C(C(=O)O)C(C(=C(O)O)[N+](=O)[O-])c1ccccc1S(C)(=O)=O. The summed E-state index contributed by atoms with van der Waals surface area (Å²) in [5.41, 5.74) is -1.79. The van der Waals surface area contributed by atoms with Crippen molar-refractivity contribution in [3.05, 3.63) is 51.6 Å². The lowest BCUT2D eigenvalue weighted by Crippen LogP contribution is -2.33. The number of carboxylic acid groups (broad SMARTS) is 1. The molecule has 0 fully saturated rings. The highest BCUT2D eigenvalue weighted by Crippen LogP contribution is 2.37. The standard InChI is InChI=1S/C14H15NO9S/c1-7(16)10(13(17)18)11(12(14(19)20)15(21)22)8-5-3-4-6-9(8)25(2,23)24/h3-6,10-11,19-20H,1-2H3,(H,17,18). The molecule has 0 aliphatic carbocycles. The van der Waals surface area contributed by atoms with Gasteiger partial charge in [-0.15, -0.1) is 0 Å². The fraction of sp³-hybridized carbons (Fsp3) is 0.286. The van der Waals surface area contributed by atoms with E-state index in [2.05, 4.69) is 0 Å². The summed E-state index contributed by atoms with van der Waals surface area (Å²) >= 11 is 0. The zero-order valence-corrected chi connectivity index (χ0v) is 13.9. The van der Waals surface area contributed by atoms with Gasteiger partial charge >= 0.3 is 17.6 Å². The Bertz CT molecular complexity index is 839. The van der Waals surface area contributed by atoms with Gasteiger partial charge in [0, 0.05) is 6.26 Å². The van der Waals surface area contributed by atoms with Gasteiger partial charge in [-0.1, -0.05) is 18.2 Å². The highest BCUT2D eigenvalue weighted by Gasteiger charge is 2.45. The van der Waals surface area contributed by atoms with E-state index in [1.165, 1.54) is 12.1 Å². The Balaban J connectivity index is 3.95. The van der Waals surface area contributed by atoms with Gasteiger partial charge in [0.05, 0.1) is 9.82 Å². The quantitative estimate of drug-likeness (QED) is 0.273. The number of sulfone groups is 1. The number of hydrogen-bond acceptors (Lipinski definition) is 8. The molecule has 136 valence electrons. The third-order valence-electron chi connectivity index (χ3n) is 3.41. The molecule has 2 atom stereocenters. The number of aliphatic hydroxyl groups excluding tert-OH is 1. The van der Waals surface area contributed by atoms with Crippen molar-refractivity contribution in [3.63, 3.8) is 0 Å². The summed E-state index contributed by atoms with van der Waals surface area (Å²) < 4.78 is 23.9. The van der Waals surface area contributed by atoms with Crippen molar-refractivity contribution in [2.24, 2.45) is 5.92 Å². The van der Waals surface area contributed by atoms with E-state index in [0.29, 0.717) is 0 Å². The van der Waals surface area contributed by atoms with Crippen LogP contribution in [0.5, 0.6) is 0 Å². The largest absolute Gasteiger partial charge is 0.481 e. The normalized spacial score (nSPS) is 13.5. The number of rotatable bonds is 7. The van der Waals surface area contributed by atoms with Gasteiger partial charge in [-0.3, -0.25) is 19.7 Å². The third kappa shape index (κ3) is 4.32. The van der Waals surface area contributed by atoms with E-state index >= 15 is 0 Å². The Morgan fingerprint density at radius 3 is 2.04 bits per heavy atom. The molecule has 0 amide bonds. The molecule has 2 unspecified atom stereocenters. The number of aliphatic hydroxyl groups is 2. The molecule has 10 nitrogen and oxygen atoms in total. The van der Waals surface area contributed by atoms with Gasteiger partial charge in [-0.05, 0) is 18.6 Å². The Kier molecular flexibility index (Phi) is 5.87. The van der Waals surface area contributed by atoms with Crippen LogP contribution in [-0.2, 0) is 19.4 Å². The van der Waals surface area contributed by atoms with Gasteiger partial charge in [0.15, 0.2) is 9.84 Å². The maximum absolute atomic E-state index is 11.9. The van der Waals surface area contributed by atoms with E-state index in [9.17, 15) is 43.4 Å². The second-order valence-corrected chi connectivity index (χ2v) is 7.16. The second-order valence-electron chi connectivity index (χ2n) is 5.18. The molecule has 1 aromatic rings. The van der Waals surface area contributed by atoms with Crippen LogP contribution < -0.4 is 0 Å². The molecule has 0 aliphatic rings. The number of aliphatic carboxylic acids is 1. The Labute approximate surface area is 142 Å². The van der Waals surface area contributed by atoms with Crippen molar-refractivity contribution >= 4 is 21.6 Å². The predicted molar refractivity (Wildman–Crippen MR) is 83.4 cm³/mol. The van der Waals surface area contributed by atoms with Gasteiger partial charge in [0.25, 0.3) is 0 Å². The number of carbonyl (C=O) groups excluding carboxylic acids is 1. The molecule has 0 aromatic heterocycles. The number of allylic oxidation sites excluding steroid dienone is 1. The lowest BCUT2D eigenvalue weighted by molar-refractivity contribution is -0.436. The van der Waals surface area contributed by atoms with Crippen molar-refractivity contribution in [2.45, 2.75) is 17.7 Å². The first kappa shape index (κ1) is 20.1. The van der Waals surface area contributed by atoms with E-state index in [1.807, 2.05) is 0 Å². The summed E-state index contributed by atoms with van der Waals surface area (Å²) in [6.45, 7) is 0.848. The Hall–Kier alpha value is -2.95. The first-order valence-electron chi connectivity index (χ1n) is 6.68. The Morgan fingerprint density at radius 1 is 1.16 bits per heavy atom. The topological polar surface area (TPSA) is 172 Å². The highest BCUT2D eigenvalue weighted by atomic mass is 32.2. The van der Waals surface area contributed by atoms with Crippen LogP contribution in [-0.4, -0.2) is 46.7 Å². The summed E-state index contributed by atoms with van der Waals surface area (Å²) in [5, 5.41) is 39.1. The summed E-state index contributed by atoms with van der Waals surface area (Å²) in [5.74, 6) is -8.74. The minimum atomic E-state index is -3.96. The average Bonchev–Trinajstić information content (AvgIpc) is 2.44. The van der Waals surface area contributed by atoms with Crippen molar-refractivity contribution < 1.29 is 38.2 Å². The number of nitro groups is 1. The molecule has 3 N–H and O–H groups in total. The van der Waals surface area contributed by atoms with E-state index in [4.69, 9.17) is 0 Å². The predicted octanol–water partition coefficient (Wildman–Crippen LogP) is 1.03. The highest BCUT2D eigenvalue weighted by molar-refractivity contribution is 7.90. The van der Waals surface area contributed by atoms with Crippen LogP contribution in [0, 0.1) is 16.0 Å². The van der Waals surface area contributed by atoms with Crippen LogP contribution in [0.2, 0.25) is 0 Å². The van der Waals surface area contributed by atoms with Crippen LogP contribution >= 0.6 is 0 Å². The first-order valence-corrected chi connectivity index (χ1v) is 8.57. The molecule has 0 saturated heterocycles. The molecule has 0 spiro atoms. The number of benzene rings is 1. The maximum atomic E-state index is 11.9. The fourth-order valence-corrected chi connectivity index (χ4v) is 3.39. The van der Waals surface area contributed by atoms with Crippen molar-refractivity contribution in [3.8, 4) is 0 Å². The summed E-state index contributed by atoms with van der Waals surface area (Å²) in [4.78, 5) is 32.8. The van der Waals surface area contributed by atoms with Crippen LogP contribution in [0.15, 0.2) is 40.8 Å². The minimum Gasteiger partial charge on any atom is -0.481 e. The van der Waals surface area contributed by atoms with Gasteiger partial charge < -0.3 is 15.3 Å². The molecule has 11 heteroatoms. The molecular weight excluding hydrogens is 358 g/mol. The van der Waals surface area contributed by atoms with Crippen LogP contribution in [0.1, 0.15) is 18.4 Å². The van der Waals surface area contributed by atoms with Crippen LogP contribution in [0.4, 0.5) is 0 Å². The fourth-order valence-electron chi connectivity index (χ4n) is 2.45. The molecule has 25 heavy (non-hydrogen) atoms. The summed E-state index contributed by atoms with van der Waals surface area (Å²) in [7, 11) is -3.96. The van der Waals surface area contributed by atoms with E-state index in [0.717, 1.165) is 25.3 Å². The van der Waals surface area contributed by atoms with E-state index in [-0.39, 0.29) is 0 Å². The first-order chi connectivity index (χ1) is 11.4. The molecular formula is C14H15NO9S. The average molecular weight is 373 g/mol. The van der Waals surface area contributed by atoms with Gasteiger partial charge in [-0.25, -0.2) is 8.42 Å². The lowest BCUT2D eigenvalue weighted by Gasteiger charge is -2.21. The zero-order valence-electron chi connectivity index (χ0n) is 13.1. The van der Waals surface area contributed by atoms with E-state index in [1.54, 1.807) is 0 Å². The monoisotopic (exact) mass is 373 g/mol. The second kappa shape index (κ2) is 7.30. The number of carbonyl (C=O) groups is 2. The number of carboxylic acids is 1. The number of nitrogens with zero attached hydrogens (tertiary/aromatic N) is 1. The van der Waals surface area contributed by atoms with Gasteiger partial charge in [0.2, 0.25) is 0 Å². The number of ketones is 1. The molecule has 0 heterocycles. The molecule has 0 radical (unpaired) electrons. The summed E-state index contributed by atoms with van der Waals surface area (Å²) in [6.07, 6.45) is 0.792. The van der Waals surface area contributed by atoms with Gasteiger partial charge in [-0.2, -0.15) is 0 Å². The van der Waals surface area contributed by atoms with Crippen LogP contribution in [0.3, 0.4) is 0 Å². The molecule has 0 saturated carbocycles. The maximum Gasteiger partial charge on any atom is 0.351 e. The molecule has 0 aliphatic heterocycles. The summed E-state index contributed by atoms with van der Waals surface area (Å²) in [6, 6.07) is 4.73. The smallest absolute Gasteiger partial charge is 0.351 e. The molecule has 1 rings (SSSR count). The van der Waals surface area contributed by atoms with E-state index < -0.39 is 60.5 Å². The lowest BCUT2D eigenvalue weighted by atomic mass is 9.81. The zero-order chi connectivity index (χ0) is 19.5. The number of Topliss-reactive ketones (excluding diaryl/α,β-unsaturated/α-hetero) is 1. The van der Waals surface area contributed by atoms with Gasteiger partial charge in [0.1, 0.15) is 17.6 Å². The molecule has 1 aromatic carbocycles. The Morgan fingerprint density at radius 2 is 1.68 bits per heavy atom. The molecule has 0 bridgehead atoms. The minimum absolute atomic E-state index is 0.403. The number of hydrogen-bond donors (Lipinski definition) is 3. The van der Waals surface area contributed by atoms with Crippen molar-refractivity contribution in [1.29, 1.82) is 0 Å².